The largest absolute Gasteiger partial charge is 0.370 e. The highest BCUT2D eigenvalue weighted by molar-refractivity contribution is 5.92. The topological polar surface area (TPSA) is 63.3 Å². The Morgan fingerprint density at radius 2 is 1.76 bits per heavy atom. The second-order valence-electron chi connectivity index (χ2n) is 5.41. The Morgan fingerprint density at radius 3 is 2.38 bits per heavy atom. The summed E-state index contributed by atoms with van der Waals surface area (Å²) in [6, 6.07) is 10.3. The van der Waals surface area contributed by atoms with Crippen LogP contribution in [0.4, 0.5) is 5.69 Å². The van der Waals surface area contributed by atoms with Crippen LogP contribution in [0, 0.1) is 27.7 Å². The van der Waals surface area contributed by atoms with Gasteiger partial charge in [0.15, 0.2) is 5.96 Å². The average Bonchev–Trinajstić information content (AvgIpc) is 2.39. The summed E-state index contributed by atoms with van der Waals surface area (Å²) in [6.07, 6.45) is 0. The minimum atomic E-state index is 0.403. The van der Waals surface area contributed by atoms with Gasteiger partial charge in [0.05, 0.1) is 12.2 Å². The number of pyridine rings is 1. The molecule has 21 heavy (non-hydrogen) atoms. The van der Waals surface area contributed by atoms with Crippen molar-refractivity contribution in [2.45, 2.75) is 34.2 Å². The number of rotatable bonds is 3. The third-order valence-corrected chi connectivity index (χ3v) is 3.31. The molecule has 0 unspecified atom stereocenters. The molecule has 0 aliphatic rings. The second kappa shape index (κ2) is 6.39. The van der Waals surface area contributed by atoms with Gasteiger partial charge >= 0.3 is 0 Å². The van der Waals surface area contributed by atoms with E-state index >= 15 is 0 Å². The molecule has 0 saturated heterocycles. The van der Waals surface area contributed by atoms with Gasteiger partial charge in [0.25, 0.3) is 0 Å². The van der Waals surface area contributed by atoms with Gasteiger partial charge in [0.1, 0.15) is 0 Å². The molecule has 0 aliphatic heterocycles. The van der Waals surface area contributed by atoms with E-state index in [0.717, 1.165) is 17.1 Å². The molecule has 0 bridgehead atoms. The fourth-order valence-corrected chi connectivity index (χ4v) is 2.17. The number of aromatic nitrogens is 1. The van der Waals surface area contributed by atoms with Crippen molar-refractivity contribution in [3.05, 3.63) is 58.4 Å². The molecule has 3 N–H and O–H groups in total. The normalized spacial score (nSPS) is 11.5. The third kappa shape index (κ3) is 4.31. The predicted molar refractivity (Wildman–Crippen MR) is 88.6 cm³/mol. The number of hydrogen-bond donors (Lipinski definition) is 2. The molecular formula is C17H22N4. The molecule has 4 heteroatoms. The number of hydrogen-bond acceptors (Lipinski definition) is 2. The van der Waals surface area contributed by atoms with Crippen LogP contribution in [0.5, 0.6) is 0 Å². The molecule has 4 nitrogen and oxygen atoms in total. The van der Waals surface area contributed by atoms with Crippen molar-refractivity contribution in [1.82, 2.24) is 4.98 Å². The van der Waals surface area contributed by atoms with Crippen LogP contribution in [0.15, 0.2) is 35.3 Å². The van der Waals surface area contributed by atoms with Gasteiger partial charge in [-0.2, -0.15) is 0 Å². The number of nitrogens with zero attached hydrogens (tertiary/aromatic N) is 2. The van der Waals surface area contributed by atoms with Crippen LogP contribution in [0.3, 0.4) is 0 Å². The fraction of sp³-hybridized carbons (Fsp3) is 0.294. The molecule has 1 aromatic carbocycles. The van der Waals surface area contributed by atoms with Crippen molar-refractivity contribution in [2.75, 3.05) is 5.32 Å². The van der Waals surface area contributed by atoms with E-state index in [9.17, 15) is 0 Å². The van der Waals surface area contributed by atoms with Crippen LogP contribution in [0.25, 0.3) is 0 Å². The Labute approximate surface area is 126 Å². The van der Waals surface area contributed by atoms with Crippen LogP contribution in [0.1, 0.15) is 28.1 Å². The van der Waals surface area contributed by atoms with E-state index in [1.54, 1.807) is 0 Å². The highest BCUT2D eigenvalue weighted by Crippen LogP contribution is 2.13. The molecule has 0 spiro atoms. The molecule has 2 aromatic rings. The molecule has 1 aromatic heterocycles. The Hall–Kier alpha value is -2.36. The van der Waals surface area contributed by atoms with Crippen molar-refractivity contribution in [2.24, 2.45) is 10.7 Å². The molecule has 2 rings (SSSR count). The minimum Gasteiger partial charge on any atom is -0.370 e. The maximum atomic E-state index is 5.93. The fourth-order valence-electron chi connectivity index (χ4n) is 2.17. The zero-order chi connectivity index (χ0) is 15.4. The van der Waals surface area contributed by atoms with Gasteiger partial charge < -0.3 is 11.1 Å². The van der Waals surface area contributed by atoms with Gasteiger partial charge in [-0.15, -0.1) is 0 Å². The molecule has 0 aliphatic carbocycles. The van der Waals surface area contributed by atoms with Crippen LogP contribution in [-0.4, -0.2) is 10.9 Å². The van der Waals surface area contributed by atoms with Crippen LogP contribution < -0.4 is 11.1 Å². The zero-order valence-electron chi connectivity index (χ0n) is 13.1. The molecule has 0 fully saturated rings. The minimum absolute atomic E-state index is 0.403. The van der Waals surface area contributed by atoms with Crippen molar-refractivity contribution in [3.63, 3.8) is 0 Å². The van der Waals surface area contributed by atoms with Crippen molar-refractivity contribution < 1.29 is 0 Å². The van der Waals surface area contributed by atoms with E-state index < -0.39 is 0 Å². The molecule has 1 heterocycles. The SMILES string of the molecule is Cc1cc(C)cc(NC(N)=NCc2ccc(C)c(C)n2)c1. The van der Waals surface area contributed by atoms with Crippen molar-refractivity contribution in [3.8, 4) is 0 Å². The summed E-state index contributed by atoms with van der Waals surface area (Å²) >= 11 is 0. The van der Waals surface area contributed by atoms with Gasteiger partial charge in [0.2, 0.25) is 0 Å². The number of nitrogens with two attached hydrogens (primary N) is 1. The summed E-state index contributed by atoms with van der Waals surface area (Å²) < 4.78 is 0. The molecule has 0 radical (unpaired) electrons. The standard InChI is InChI=1S/C17H22N4/c1-11-7-12(2)9-16(8-11)21-17(18)19-10-15-6-5-13(3)14(4)20-15/h5-9H,10H2,1-4H3,(H3,18,19,21). The van der Waals surface area contributed by atoms with Crippen LogP contribution in [-0.2, 0) is 6.54 Å². The quantitative estimate of drug-likeness (QED) is 0.671. The smallest absolute Gasteiger partial charge is 0.193 e. The Morgan fingerprint density at radius 1 is 1.10 bits per heavy atom. The first kappa shape index (κ1) is 15.0. The number of aryl methyl sites for hydroxylation is 4. The first-order chi connectivity index (χ1) is 9.94. The second-order valence-corrected chi connectivity index (χ2v) is 5.41. The average molecular weight is 282 g/mol. The Kier molecular flexibility index (Phi) is 4.58. The molecule has 0 atom stereocenters. The van der Waals surface area contributed by atoms with E-state index in [4.69, 9.17) is 5.73 Å². The lowest BCUT2D eigenvalue weighted by atomic mass is 10.1. The Balaban J connectivity index is 2.05. The molecule has 0 saturated carbocycles. The monoisotopic (exact) mass is 282 g/mol. The van der Waals surface area contributed by atoms with E-state index in [2.05, 4.69) is 41.3 Å². The van der Waals surface area contributed by atoms with Gasteiger partial charge in [-0.05, 0) is 62.6 Å². The van der Waals surface area contributed by atoms with Gasteiger partial charge in [0, 0.05) is 11.4 Å². The summed E-state index contributed by atoms with van der Waals surface area (Å²) in [5, 5.41) is 3.12. The Bertz CT molecular complexity index is 654. The van der Waals surface area contributed by atoms with Crippen LogP contribution >= 0.6 is 0 Å². The first-order valence-corrected chi connectivity index (χ1v) is 7.02. The highest BCUT2D eigenvalue weighted by Gasteiger charge is 2.00. The maximum Gasteiger partial charge on any atom is 0.193 e. The van der Waals surface area contributed by atoms with Gasteiger partial charge in [-0.1, -0.05) is 12.1 Å². The third-order valence-electron chi connectivity index (χ3n) is 3.31. The number of anilines is 1. The molecule has 110 valence electrons. The first-order valence-electron chi connectivity index (χ1n) is 7.02. The van der Waals surface area contributed by atoms with Gasteiger partial charge in [-0.25, -0.2) is 4.99 Å². The van der Waals surface area contributed by atoms with E-state index in [0.29, 0.717) is 12.5 Å². The zero-order valence-corrected chi connectivity index (χ0v) is 13.1. The van der Waals surface area contributed by atoms with Crippen LogP contribution in [0.2, 0.25) is 0 Å². The number of benzene rings is 1. The van der Waals surface area contributed by atoms with E-state index in [1.165, 1.54) is 16.7 Å². The number of guanidine groups is 1. The summed E-state index contributed by atoms with van der Waals surface area (Å²) in [5.41, 5.74) is 12.4. The van der Waals surface area contributed by atoms with E-state index in [-0.39, 0.29) is 0 Å². The van der Waals surface area contributed by atoms with E-state index in [1.807, 2.05) is 32.0 Å². The maximum absolute atomic E-state index is 5.93. The lowest BCUT2D eigenvalue weighted by Crippen LogP contribution is -2.22. The summed E-state index contributed by atoms with van der Waals surface area (Å²) in [5.74, 6) is 0.403. The summed E-state index contributed by atoms with van der Waals surface area (Å²) in [6.45, 7) is 8.64. The van der Waals surface area contributed by atoms with Crippen molar-refractivity contribution in [1.29, 1.82) is 0 Å². The lowest BCUT2D eigenvalue weighted by molar-refractivity contribution is 0.956. The highest BCUT2D eigenvalue weighted by atomic mass is 15.1. The summed E-state index contributed by atoms with van der Waals surface area (Å²) in [7, 11) is 0. The molecular weight excluding hydrogens is 260 g/mol. The number of nitrogens with one attached hydrogen (secondary N) is 1. The molecule has 0 amide bonds. The van der Waals surface area contributed by atoms with Crippen molar-refractivity contribution >= 4 is 11.6 Å². The number of aliphatic imine (C=N–C) groups is 1. The van der Waals surface area contributed by atoms with Gasteiger partial charge in [-0.3, -0.25) is 4.98 Å². The summed E-state index contributed by atoms with van der Waals surface area (Å²) in [4.78, 5) is 8.83. The lowest BCUT2D eigenvalue weighted by Gasteiger charge is -2.08. The predicted octanol–water partition coefficient (Wildman–Crippen LogP) is 3.24.